The summed E-state index contributed by atoms with van der Waals surface area (Å²) in [5.74, 6) is -2.30. The van der Waals surface area contributed by atoms with Gasteiger partial charge in [-0.3, -0.25) is 19.3 Å². The molecule has 1 amide bonds. The maximum absolute atomic E-state index is 15.3. The number of fused-ring (bicyclic) bond motifs is 3. The average molecular weight is 512 g/mol. The van der Waals surface area contributed by atoms with Gasteiger partial charge in [0, 0.05) is 46.6 Å². The molecule has 1 atom stereocenters. The molecule has 36 heavy (non-hydrogen) atoms. The van der Waals surface area contributed by atoms with E-state index in [9.17, 15) is 19.1 Å². The van der Waals surface area contributed by atoms with Crippen LogP contribution in [-0.4, -0.2) is 40.9 Å². The van der Waals surface area contributed by atoms with Gasteiger partial charge in [-0.1, -0.05) is 18.2 Å². The summed E-state index contributed by atoms with van der Waals surface area (Å²) in [7, 11) is 1.41. The van der Waals surface area contributed by atoms with Gasteiger partial charge in [-0.25, -0.2) is 8.78 Å². The van der Waals surface area contributed by atoms with Crippen LogP contribution in [0.5, 0.6) is 11.5 Å². The van der Waals surface area contributed by atoms with Crippen LogP contribution in [0.4, 0.5) is 8.78 Å². The van der Waals surface area contributed by atoms with Crippen LogP contribution in [0.15, 0.2) is 52.3 Å². The summed E-state index contributed by atoms with van der Waals surface area (Å²) in [6, 6.07) is 9.10. The molecule has 1 aliphatic carbocycles. The molecule has 3 heterocycles. The fourth-order valence-electron chi connectivity index (χ4n) is 5.08. The van der Waals surface area contributed by atoms with Gasteiger partial charge in [0.2, 0.25) is 5.43 Å². The second kappa shape index (κ2) is 8.55. The normalized spacial score (nSPS) is 18.9. The number of aromatic hydroxyl groups is 1. The minimum absolute atomic E-state index is 0.121. The van der Waals surface area contributed by atoms with Crippen molar-refractivity contribution in [1.82, 2.24) is 9.58 Å². The van der Waals surface area contributed by atoms with E-state index < -0.39 is 34.8 Å². The number of amides is 1. The Balaban J connectivity index is 1.63. The van der Waals surface area contributed by atoms with Crippen molar-refractivity contribution >= 4 is 17.7 Å². The maximum atomic E-state index is 15.3. The first-order valence-electron chi connectivity index (χ1n) is 11.7. The zero-order valence-corrected chi connectivity index (χ0v) is 20.2. The summed E-state index contributed by atoms with van der Waals surface area (Å²) in [6.45, 7) is 0.596. The number of aromatic nitrogens is 1. The van der Waals surface area contributed by atoms with Crippen LogP contribution in [0.1, 0.15) is 46.1 Å². The van der Waals surface area contributed by atoms with Gasteiger partial charge in [0.05, 0.1) is 7.11 Å². The largest absolute Gasteiger partial charge is 0.502 e. The lowest BCUT2D eigenvalue weighted by molar-refractivity contribution is 0.0670. The second-order valence-corrected chi connectivity index (χ2v) is 10.3. The molecule has 10 heteroatoms. The lowest BCUT2D eigenvalue weighted by atomic mass is 9.92. The van der Waals surface area contributed by atoms with Gasteiger partial charge in [-0.15, -0.1) is 11.8 Å². The van der Waals surface area contributed by atoms with Crippen LogP contribution in [0.25, 0.3) is 0 Å². The molecule has 1 aromatic heterocycles. The molecule has 0 radical (unpaired) electrons. The lowest BCUT2D eigenvalue weighted by Crippen LogP contribution is -2.56. The monoisotopic (exact) mass is 511 g/mol. The Morgan fingerprint density at radius 3 is 2.69 bits per heavy atom. The summed E-state index contributed by atoms with van der Waals surface area (Å²) >= 11 is 1.39. The zero-order valence-electron chi connectivity index (χ0n) is 19.4. The average Bonchev–Trinajstić information content (AvgIpc) is 3.71. The molecule has 0 saturated heterocycles. The Hall–Kier alpha value is -3.53. The fraction of sp³-hybridized carbons (Fsp3) is 0.308. The molecule has 2 aromatic carbocycles. The minimum Gasteiger partial charge on any atom is -0.502 e. The van der Waals surface area contributed by atoms with Gasteiger partial charge in [-0.2, -0.15) is 0 Å². The van der Waals surface area contributed by atoms with E-state index in [1.807, 2.05) is 29.3 Å². The first kappa shape index (κ1) is 22.9. The molecule has 3 aliphatic rings. The van der Waals surface area contributed by atoms with Crippen LogP contribution in [0.3, 0.4) is 0 Å². The van der Waals surface area contributed by atoms with E-state index in [2.05, 4.69) is 0 Å². The lowest BCUT2D eigenvalue weighted by Gasteiger charge is -2.44. The van der Waals surface area contributed by atoms with E-state index in [0.717, 1.165) is 29.4 Å². The maximum Gasteiger partial charge on any atom is 0.277 e. The number of methoxy groups -OCH3 is 1. The Kier molecular flexibility index (Phi) is 5.44. The van der Waals surface area contributed by atoms with Crippen molar-refractivity contribution in [2.24, 2.45) is 5.92 Å². The Labute approximate surface area is 209 Å². The van der Waals surface area contributed by atoms with Crippen molar-refractivity contribution in [1.29, 1.82) is 0 Å². The number of benzene rings is 2. The van der Waals surface area contributed by atoms with Gasteiger partial charge in [0.15, 0.2) is 23.1 Å². The SMILES string of the molecule is COc1cc(F)c(F)c2c1[C@H](N1CN(CC3CC3)C(=O)c3c(O)c(=O)ccn31)c1ccccc1SC2. The van der Waals surface area contributed by atoms with Gasteiger partial charge >= 0.3 is 0 Å². The highest BCUT2D eigenvalue weighted by atomic mass is 32.2. The van der Waals surface area contributed by atoms with Gasteiger partial charge in [0.25, 0.3) is 5.91 Å². The number of hydrogen-bond acceptors (Lipinski definition) is 6. The highest BCUT2D eigenvalue weighted by Crippen LogP contribution is 2.47. The molecule has 0 unspecified atom stereocenters. The van der Waals surface area contributed by atoms with E-state index in [4.69, 9.17) is 4.74 Å². The number of thioether (sulfide) groups is 1. The van der Waals surface area contributed by atoms with E-state index in [0.29, 0.717) is 18.0 Å². The Morgan fingerprint density at radius 2 is 1.94 bits per heavy atom. The van der Waals surface area contributed by atoms with Crippen LogP contribution >= 0.6 is 11.8 Å². The predicted molar refractivity (Wildman–Crippen MR) is 130 cm³/mol. The first-order valence-corrected chi connectivity index (χ1v) is 12.6. The fourth-order valence-corrected chi connectivity index (χ4v) is 6.18. The van der Waals surface area contributed by atoms with Crippen molar-refractivity contribution in [3.8, 4) is 11.5 Å². The number of halogens is 2. The molecule has 3 aromatic rings. The third-order valence-corrected chi connectivity index (χ3v) is 8.13. The highest BCUT2D eigenvalue weighted by molar-refractivity contribution is 7.98. The number of carbonyl (C=O) groups excluding carboxylic acids is 1. The Morgan fingerprint density at radius 1 is 1.17 bits per heavy atom. The molecule has 0 spiro atoms. The van der Waals surface area contributed by atoms with Gasteiger partial charge in [0.1, 0.15) is 18.5 Å². The van der Waals surface area contributed by atoms with Gasteiger partial charge < -0.3 is 14.7 Å². The van der Waals surface area contributed by atoms with Crippen LogP contribution < -0.4 is 15.2 Å². The van der Waals surface area contributed by atoms with Crippen molar-refractivity contribution < 1.29 is 23.4 Å². The van der Waals surface area contributed by atoms with Gasteiger partial charge in [-0.05, 0) is 30.4 Å². The molecule has 2 aliphatic heterocycles. The van der Waals surface area contributed by atoms with E-state index in [1.54, 1.807) is 4.90 Å². The summed E-state index contributed by atoms with van der Waals surface area (Å²) < 4.78 is 36.9. The second-order valence-electron chi connectivity index (χ2n) is 9.27. The summed E-state index contributed by atoms with van der Waals surface area (Å²) in [6.07, 6.45) is 3.44. The topological polar surface area (TPSA) is 75.0 Å². The zero-order chi connectivity index (χ0) is 25.1. The third kappa shape index (κ3) is 3.54. The number of ether oxygens (including phenoxy) is 1. The highest BCUT2D eigenvalue weighted by Gasteiger charge is 2.42. The quantitative estimate of drug-likeness (QED) is 0.571. The molecule has 0 bridgehead atoms. The minimum atomic E-state index is -0.998. The van der Waals surface area contributed by atoms with Crippen molar-refractivity contribution in [3.05, 3.63) is 86.8 Å². The predicted octanol–water partition coefficient (Wildman–Crippen LogP) is 4.00. The standard InChI is InChI=1S/C26H23F2N3O4S/c1-35-19-10-17(27)22(28)16-12-36-20-5-3-2-4-15(20)23(21(16)19)31-13-29(11-14-6-7-14)26(34)24-25(33)18(32)8-9-30(24)31/h2-5,8-10,14,23,33H,6-7,11-13H2,1H3/t23-/m1/s1. The molecular weight excluding hydrogens is 488 g/mol. The molecule has 6 rings (SSSR count). The number of pyridine rings is 1. The molecule has 1 fully saturated rings. The van der Waals surface area contributed by atoms with Crippen LogP contribution in [0.2, 0.25) is 0 Å². The smallest absolute Gasteiger partial charge is 0.277 e. The van der Waals surface area contributed by atoms with E-state index >= 15 is 4.39 Å². The summed E-state index contributed by atoms with van der Waals surface area (Å²) in [4.78, 5) is 28.2. The third-order valence-electron chi connectivity index (χ3n) is 7.01. The van der Waals surface area contributed by atoms with Crippen LogP contribution in [0, 0.1) is 17.6 Å². The number of rotatable bonds is 4. The first-order chi connectivity index (χ1) is 17.4. The molecule has 1 saturated carbocycles. The van der Waals surface area contributed by atoms with Crippen molar-refractivity contribution in [2.45, 2.75) is 29.5 Å². The molecular formula is C26H23F2N3O4S. The van der Waals surface area contributed by atoms with Crippen LogP contribution in [-0.2, 0) is 5.75 Å². The molecule has 186 valence electrons. The van der Waals surface area contributed by atoms with Crippen molar-refractivity contribution in [3.63, 3.8) is 0 Å². The summed E-state index contributed by atoms with van der Waals surface area (Å²) in [5, 5.41) is 12.5. The number of nitrogens with zero attached hydrogens (tertiary/aromatic N) is 3. The number of hydrogen-bond donors (Lipinski definition) is 1. The Bertz CT molecular complexity index is 1460. The van der Waals surface area contributed by atoms with E-state index in [1.165, 1.54) is 35.8 Å². The van der Waals surface area contributed by atoms with Crippen molar-refractivity contribution in [2.75, 3.05) is 25.3 Å². The van der Waals surface area contributed by atoms with E-state index in [-0.39, 0.29) is 29.4 Å². The molecule has 1 N–H and O–H groups in total. The number of carbonyl (C=O) groups is 1. The summed E-state index contributed by atoms with van der Waals surface area (Å²) in [5.41, 5.74) is 0.627. The molecule has 7 nitrogen and oxygen atoms in total.